The molecule has 0 radical (unpaired) electrons. The van der Waals surface area contributed by atoms with E-state index in [4.69, 9.17) is 0 Å². The number of phenolic OH excluding ortho intramolecular Hbond substituents is 1. The van der Waals surface area contributed by atoms with E-state index in [1.165, 1.54) is 12.1 Å². The molecule has 1 aromatic carbocycles. The van der Waals surface area contributed by atoms with Gasteiger partial charge in [0.05, 0.1) is 11.2 Å². The number of carbonyl (C=O) groups excluding carboxylic acids is 1. The first kappa shape index (κ1) is 15.7. The smallest absolute Gasteiger partial charge is 0.256 e. The predicted molar refractivity (Wildman–Crippen MR) is 76.7 cm³/mol. The van der Waals surface area contributed by atoms with Crippen molar-refractivity contribution in [2.75, 3.05) is 32.7 Å². The van der Waals surface area contributed by atoms with Crippen LogP contribution in [0.15, 0.2) is 18.2 Å². The number of hydrogen-bond acceptors (Lipinski definition) is 4. The van der Waals surface area contributed by atoms with Crippen LogP contribution >= 0.6 is 0 Å². The summed E-state index contributed by atoms with van der Waals surface area (Å²) in [6, 6.07) is 3.55. The predicted octanol–water partition coefficient (Wildman–Crippen LogP) is 1.06. The average molecular weight is 296 g/mol. The summed E-state index contributed by atoms with van der Waals surface area (Å²) < 4.78 is 13.7. The van der Waals surface area contributed by atoms with Crippen LogP contribution in [-0.4, -0.2) is 64.2 Å². The molecule has 0 bridgehead atoms. The zero-order valence-corrected chi connectivity index (χ0v) is 12.3. The van der Waals surface area contributed by atoms with Crippen LogP contribution in [0.4, 0.5) is 4.39 Å². The molecule has 1 heterocycles. The summed E-state index contributed by atoms with van der Waals surface area (Å²) in [6.07, 6.45) is 0. The molecule has 0 aliphatic carbocycles. The molecule has 1 amide bonds. The fraction of sp³-hybridized carbons (Fsp3) is 0.533. The molecule has 0 atom stereocenters. The summed E-state index contributed by atoms with van der Waals surface area (Å²) >= 11 is 0. The summed E-state index contributed by atoms with van der Waals surface area (Å²) in [5.74, 6) is -1.27. The first-order valence-electron chi connectivity index (χ1n) is 6.99. The molecule has 0 aromatic heterocycles. The van der Waals surface area contributed by atoms with Gasteiger partial charge in [0.15, 0.2) is 0 Å². The van der Waals surface area contributed by atoms with Crippen molar-refractivity contribution in [1.29, 1.82) is 0 Å². The van der Waals surface area contributed by atoms with Crippen molar-refractivity contribution in [3.8, 4) is 5.75 Å². The van der Waals surface area contributed by atoms with Crippen molar-refractivity contribution in [3.63, 3.8) is 0 Å². The summed E-state index contributed by atoms with van der Waals surface area (Å²) in [7, 11) is 0. The Morgan fingerprint density at radius 2 is 1.90 bits per heavy atom. The highest BCUT2D eigenvalue weighted by Gasteiger charge is 2.26. The molecule has 2 N–H and O–H groups in total. The van der Waals surface area contributed by atoms with Crippen LogP contribution in [0.1, 0.15) is 24.2 Å². The molecule has 116 valence electrons. The van der Waals surface area contributed by atoms with Crippen molar-refractivity contribution in [3.05, 3.63) is 29.6 Å². The third kappa shape index (κ3) is 4.15. The van der Waals surface area contributed by atoms with Gasteiger partial charge >= 0.3 is 0 Å². The van der Waals surface area contributed by atoms with Gasteiger partial charge in [-0.05, 0) is 26.0 Å². The molecule has 1 aliphatic heterocycles. The summed E-state index contributed by atoms with van der Waals surface area (Å²) in [5, 5.41) is 19.0. The normalized spacial score (nSPS) is 17.0. The maximum atomic E-state index is 13.7. The van der Waals surface area contributed by atoms with E-state index in [1.807, 2.05) is 0 Å². The Bertz CT molecular complexity index is 520. The number of halogens is 1. The number of benzene rings is 1. The molecule has 1 fully saturated rings. The fourth-order valence-corrected chi connectivity index (χ4v) is 2.50. The number of piperazine rings is 1. The molecule has 1 aliphatic rings. The zero-order chi connectivity index (χ0) is 15.6. The van der Waals surface area contributed by atoms with Gasteiger partial charge in [-0.25, -0.2) is 4.39 Å². The summed E-state index contributed by atoms with van der Waals surface area (Å²) in [5.41, 5.74) is -0.793. The molecule has 1 aromatic rings. The number of amides is 1. The number of β-amino-alcohol motifs (C(OH)–C–C–N with tert-alkyl or cyclic N) is 1. The van der Waals surface area contributed by atoms with Crippen LogP contribution in [0.3, 0.4) is 0 Å². The van der Waals surface area contributed by atoms with E-state index in [9.17, 15) is 19.4 Å². The number of hydrogen-bond donors (Lipinski definition) is 2. The van der Waals surface area contributed by atoms with E-state index in [2.05, 4.69) is 4.90 Å². The molecule has 6 heteroatoms. The minimum atomic E-state index is -0.769. The van der Waals surface area contributed by atoms with Gasteiger partial charge in [0.1, 0.15) is 11.6 Å². The Morgan fingerprint density at radius 3 is 2.43 bits per heavy atom. The van der Waals surface area contributed by atoms with Gasteiger partial charge in [-0.2, -0.15) is 0 Å². The van der Waals surface area contributed by atoms with Crippen molar-refractivity contribution >= 4 is 5.91 Å². The van der Waals surface area contributed by atoms with Crippen LogP contribution in [0.25, 0.3) is 0 Å². The minimum Gasteiger partial charge on any atom is -0.508 e. The lowest BCUT2D eigenvalue weighted by Crippen LogP contribution is -2.52. The van der Waals surface area contributed by atoms with E-state index < -0.39 is 11.4 Å². The molecule has 21 heavy (non-hydrogen) atoms. The quantitative estimate of drug-likeness (QED) is 0.875. The largest absolute Gasteiger partial charge is 0.508 e. The van der Waals surface area contributed by atoms with E-state index in [1.54, 1.807) is 18.7 Å². The number of aliphatic hydroxyl groups is 1. The van der Waals surface area contributed by atoms with Crippen molar-refractivity contribution in [2.24, 2.45) is 0 Å². The number of aromatic hydroxyl groups is 1. The molecule has 1 saturated heterocycles. The maximum absolute atomic E-state index is 13.7. The topological polar surface area (TPSA) is 64.0 Å². The van der Waals surface area contributed by atoms with Gasteiger partial charge in [0.2, 0.25) is 0 Å². The van der Waals surface area contributed by atoms with Gasteiger partial charge in [-0.3, -0.25) is 9.69 Å². The Hall–Kier alpha value is -1.66. The van der Waals surface area contributed by atoms with Gasteiger partial charge in [-0.15, -0.1) is 0 Å². The molecule has 2 rings (SSSR count). The van der Waals surface area contributed by atoms with Gasteiger partial charge in [-0.1, -0.05) is 0 Å². The van der Waals surface area contributed by atoms with E-state index >= 15 is 0 Å². The Morgan fingerprint density at radius 1 is 1.29 bits per heavy atom. The monoisotopic (exact) mass is 296 g/mol. The highest BCUT2D eigenvalue weighted by atomic mass is 19.1. The lowest BCUT2D eigenvalue weighted by atomic mass is 10.1. The molecular weight excluding hydrogens is 275 g/mol. The van der Waals surface area contributed by atoms with E-state index in [0.717, 1.165) is 6.07 Å². The van der Waals surface area contributed by atoms with E-state index in [0.29, 0.717) is 32.7 Å². The second-order valence-electron chi connectivity index (χ2n) is 6.04. The Labute approximate surface area is 123 Å². The maximum Gasteiger partial charge on any atom is 0.256 e. The first-order valence-corrected chi connectivity index (χ1v) is 6.99. The average Bonchev–Trinajstić information content (AvgIpc) is 2.37. The highest BCUT2D eigenvalue weighted by molar-refractivity contribution is 5.94. The van der Waals surface area contributed by atoms with Gasteiger partial charge in [0.25, 0.3) is 5.91 Å². The van der Waals surface area contributed by atoms with Crippen LogP contribution in [0.5, 0.6) is 5.75 Å². The number of nitrogens with zero attached hydrogens (tertiary/aromatic N) is 2. The Balaban J connectivity index is 1.97. The number of carbonyl (C=O) groups is 1. The third-order valence-electron chi connectivity index (χ3n) is 3.45. The second kappa shape index (κ2) is 5.99. The molecule has 0 spiro atoms. The van der Waals surface area contributed by atoms with Crippen molar-refractivity contribution in [1.82, 2.24) is 9.80 Å². The molecular formula is C15H21FN2O3. The second-order valence-corrected chi connectivity index (χ2v) is 6.04. The van der Waals surface area contributed by atoms with Crippen LogP contribution in [0.2, 0.25) is 0 Å². The van der Waals surface area contributed by atoms with Crippen LogP contribution in [-0.2, 0) is 0 Å². The van der Waals surface area contributed by atoms with Crippen LogP contribution in [0, 0.1) is 5.82 Å². The summed E-state index contributed by atoms with van der Waals surface area (Å²) in [6.45, 7) is 6.32. The number of phenols is 1. The first-order chi connectivity index (χ1) is 9.76. The van der Waals surface area contributed by atoms with E-state index in [-0.39, 0.29) is 17.2 Å². The molecule has 0 saturated carbocycles. The number of rotatable bonds is 3. The summed E-state index contributed by atoms with van der Waals surface area (Å²) in [4.78, 5) is 15.9. The van der Waals surface area contributed by atoms with Crippen molar-refractivity contribution in [2.45, 2.75) is 19.4 Å². The SMILES string of the molecule is CC(C)(O)CN1CCN(C(=O)c2ccc(O)cc2F)CC1. The Kier molecular flexibility index (Phi) is 4.49. The minimum absolute atomic E-state index is 0.0243. The standard InChI is InChI=1S/C15H21FN2O3/c1-15(2,21)10-17-5-7-18(8-6-17)14(20)12-4-3-11(19)9-13(12)16/h3-4,9,19,21H,5-8,10H2,1-2H3. The van der Waals surface area contributed by atoms with Gasteiger partial charge in [0, 0.05) is 38.8 Å². The molecule has 0 unspecified atom stereocenters. The van der Waals surface area contributed by atoms with Gasteiger partial charge < -0.3 is 15.1 Å². The lowest BCUT2D eigenvalue weighted by molar-refractivity contribution is 0.0178. The zero-order valence-electron chi connectivity index (χ0n) is 12.3. The lowest BCUT2D eigenvalue weighted by Gasteiger charge is -2.37. The third-order valence-corrected chi connectivity index (χ3v) is 3.45. The van der Waals surface area contributed by atoms with Crippen molar-refractivity contribution < 1.29 is 19.4 Å². The molecule has 5 nitrogen and oxygen atoms in total. The van der Waals surface area contributed by atoms with Crippen LogP contribution < -0.4 is 0 Å². The fourth-order valence-electron chi connectivity index (χ4n) is 2.50. The highest BCUT2D eigenvalue weighted by Crippen LogP contribution is 2.18.